The molecule has 0 atom stereocenters. The number of amides is 1. The quantitative estimate of drug-likeness (QED) is 0.905. The summed E-state index contributed by atoms with van der Waals surface area (Å²) >= 11 is 1.46. The molecule has 1 aromatic rings. The van der Waals surface area contributed by atoms with Crippen molar-refractivity contribution in [2.45, 2.75) is 12.8 Å². The Morgan fingerprint density at radius 2 is 2.12 bits per heavy atom. The lowest BCUT2D eigenvalue weighted by atomic mass is 9.97. The first kappa shape index (κ1) is 16.6. The third kappa shape index (κ3) is 4.10. The number of nitrogens with two attached hydrogens (primary N) is 1. The average molecular weight is 298 g/mol. The van der Waals surface area contributed by atoms with E-state index in [0.717, 1.165) is 32.5 Å². The zero-order valence-corrected chi connectivity index (χ0v) is 11.8. The van der Waals surface area contributed by atoms with Gasteiger partial charge in [-0.2, -0.15) is 0 Å². The summed E-state index contributed by atoms with van der Waals surface area (Å²) in [5.41, 5.74) is 7.87. The number of thiazole rings is 1. The molecule has 2 N–H and O–H groups in total. The van der Waals surface area contributed by atoms with E-state index in [9.17, 15) is 4.79 Å². The van der Waals surface area contributed by atoms with Gasteiger partial charge in [-0.05, 0) is 25.3 Å². The lowest BCUT2D eigenvalue weighted by Crippen LogP contribution is -2.40. The van der Waals surface area contributed by atoms with E-state index in [2.05, 4.69) is 4.98 Å². The van der Waals surface area contributed by atoms with Crippen molar-refractivity contribution in [1.29, 1.82) is 0 Å². The lowest BCUT2D eigenvalue weighted by molar-refractivity contribution is 0.0688. The largest absolute Gasteiger partial charge is 0.337 e. The molecule has 0 spiro atoms. The van der Waals surface area contributed by atoms with Crippen molar-refractivity contribution in [1.82, 2.24) is 9.88 Å². The summed E-state index contributed by atoms with van der Waals surface area (Å²) in [5, 5.41) is 1.80. The number of hydrogen-bond acceptors (Lipinski definition) is 4. The highest BCUT2D eigenvalue weighted by Crippen LogP contribution is 2.17. The van der Waals surface area contributed by atoms with Crippen molar-refractivity contribution in [3.63, 3.8) is 0 Å². The van der Waals surface area contributed by atoms with Crippen LogP contribution in [0.5, 0.6) is 0 Å². The van der Waals surface area contributed by atoms with Crippen molar-refractivity contribution in [3.8, 4) is 0 Å². The molecule has 98 valence electrons. The molecule has 0 unspecified atom stereocenters. The van der Waals surface area contributed by atoms with Crippen molar-refractivity contribution >= 4 is 42.1 Å². The Bertz CT molecular complexity index is 326. The number of carbonyl (C=O) groups excluding carboxylic acids is 1. The third-order valence-electron chi connectivity index (χ3n) is 2.89. The fraction of sp³-hybridized carbons (Fsp3) is 0.600. The van der Waals surface area contributed by atoms with E-state index in [-0.39, 0.29) is 30.7 Å². The summed E-state index contributed by atoms with van der Waals surface area (Å²) in [4.78, 5) is 17.8. The maximum atomic E-state index is 11.9. The van der Waals surface area contributed by atoms with Gasteiger partial charge in [0, 0.05) is 18.5 Å². The molecule has 2 rings (SSSR count). The van der Waals surface area contributed by atoms with E-state index in [1.807, 2.05) is 4.90 Å². The summed E-state index contributed by atoms with van der Waals surface area (Å²) < 4.78 is 0. The second-order valence-electron chi connectivity index (χ2n) is 3.84. The van der Waals surface area contributed by atoms with Crippen LogP contribution in [0.15, 0.2) is 10.9 Å². The van der Waals surface area contributed by atoms with Crippen molar-refractivity contribution in [3.05, 3.63) is 16.6 Å². The van der Waals surface area contributed by atoms with Gasteiger partial charge >= 0.3 is 0 Å². The fourth-order valence-corrected chi connectivity index (χ4v) is 2.38. The second-order valence-corrected chi connectivity index (χ2v) is 4.56. The van der Waals surface area contributed by atoms with Crippen molar-refractivity contribution in [2.24, 2.45) is 11.7 Å². The second kappa shape index (κ2) is 7.87. The Morgan fingerprint density at radius 1 is 1.47 bits per heavy atom. The molecule has 17 heavy (non-hydrogen) atoms. The summed E-state index contributed by atoms with van der Waals surface area (Å²) in [6.45, 7) is 2.37. The van der Waals surface area contributed by atoms with Gasteiger partial charge in [0.05, 0.1) is 5.51 Å². The fourth-order valence-electron chi connectivity index (χ4n) is 1.85. The number of aromatic nitrogens is 1. The van der Waals surface area contributed by atoms with Gasteiger partial charge in [0.15, 0.2) is 0 Å². The monoisotopic (exact) mass is 297 g/mol. The molecule has 7 heteroatoms. The van der Waals surface area contributed by atoms with E-state index in [1.54, 1.807) is 10.9 Å². The van der Waals surface area contributed by atoms with Crippen LogP contribution in [0, 0.1) is 5.92 Å². The maximum absolute atomic E-state index is 11.9. The molecule has 0 aromatic carbocycles. The Balaban J connectivity index is 0.00000128. The SMILES string of the molecule is Cl.Cl.NCC1CCN(C(=O)c2cscn2)CC1. The number of hydrogen-bond donors (Lipinski definition) is 1. The zero-order chi connectivity index (χ0) is 10.7. The minimum absolute atomic E-state index is 0. The van der Waals surface area contributed by atoms with E-state index in [0.29, 0.717) is 11.6 Å². The van der Waals surface area contributed by atoms with Gasteiger partial charge in [0.1, 0.15) is 5.69 Å². The average Bonchev–Trinajstić information content (AvgIpc) is 2.82. The standard InChI is InChI=1S/C10H15N3OS.2ClH/c11-5-8-1-3-13(4-2-8)10(14)9-6-15-7-12-9;;/h6-8H,1-5,11H2;2*1H. The lowest BCUT2D eigenvalue weighted by Gasteiger charge is -2.30. The van der Waals surface area contributed by atoms with E-state index in [1.165, 1.54) is 11.3 Å². The highest BCUT2D eigenvalue weighted by atomic mass is 35.5. The molecule has 4 nitrogen and oxygen atoms in total. The molecule has 0 radical (unpaired) electrons. The van der Waals surface area contributed by atoms with Gasteiger partial charge in [-0.3, -0.25) is 4.79 Å². The van der Waals surface area contributed by atoms with Crippen LogP contribution in [0.25, 0.3) is 0 Å². The molecule has 0 aliphatic carbocycles. The highest BCUT2D eigenvalue weighted by Gasteiger charge is 2.23. The number of halogens is 2. The number of likely N-dealkylation sites (tertiary alicyclic amines) is 1. The molecule has 1 saturated heterocycles. The van der Waals surface area contributed by atoms with Crippen LogP contribution in [-0.2, 0) is 0 Å². The van der Waals surface area contributed by atoms with Crippen LogP contribution < -0.4 is 5.73 Å². The van der Waals surface area contributed by atoms with Crippen LogP contribution in [0.1, 0.15) is 23.3 Å². The molecule has 0 bridgehead atoms. The molecule has 1 aliphatic rings. The van der Waals surface area contributed by atoms with E-state index < -0.39 is 0 Å². The Labute approximate surface area is 117 Å². The number of piperidine rings is 1. The Morgan fingerprint density at radius 3 is 2.59 bits per heavy atom. The highest BCUT2D eigenvalue weighted by molar-refractivity contribution is 7.07. The first-order chi connectivity index (χ1) is 7.31. The normalized spacial score (nSPS) is 15.9. The number of rotatable bonds is 2. The summed E-state index contributed by atoms with van der Waals surface area (Å²) in [6.07, 6.45) is 2.04. The number of carbonyl (C=O) groups is 1. The first-order valence-electron chi connectivity index (χ1n) is 5.19. The van der Waals surface area contributed by atoms with Crippen LogP contribution in [0.2, 0.25) is 0 Å². The predicted octanol–water partition coefficient (Wildman–Crippen LogP) is 1.80. The van der Waals surface area contributed by atoms with Gasteiger partial charge < -0.3 is 10.6 Å². The molecular weight excluding hydrogens is 281 g/mol. The first-order valence-corrected chi connectivity index (χ1v) is 6.13. The van der Waals surface area contributed by atoms with Crippen LogP contribution in [0.3, 0.4) is 0 Å². The van der Waals surface area contributed by atoms with Crippen LogP contribution in [-0.4, -0.2) is 35.4 Å². The summed E-state index contributed by atoms with van der Waals surface area (Å²) in [6, 6.07) is 0. The van der Waals surface area contributed by atoms with Crippen LogP contribution >= 0.6 is 36.2 Å². The van der Waals surface area contributed by atoms with Gasteiger partial charge in [-0.25, -0.2) is 4.98 Å². The van der Waals surface area contributed by atoms with Crippen molar-refractivity contribution in [2.75, 3.05) is 19.6 Å². The molecule has 1 amide bonds. The Hall–Kier alpha value is -0.360. The smallest absolute Gasteiger partial charge is 0.273 e. The van der Waals surface area contributed by atoms with Crippen molar-refractivity contribution < 1.29 is 4.79 Å². The summed E-state index contributed by atoms with van der Waals surface area (Å²) in [5.74, 6) is 0.649. The van der Waals surface area contributed by atoms with Gasteiger partial charge in [-0.1, -0.05) is 0 Å². The van der Waals surface area contributed by atoms with Gasteiger partial charge in [0.25, 0.3) is 5.91 Å². The summed E-state index contributed by atoms with van der Waals surface area (Å²) in [7, 11) is 0. The molecule has 1 aliphatic heterocycles. The Kier molecular flexibility index (Phi) is 7.70. The molecule has 1 aromatic heterocycles. The molecule has 1 fully saturated rings. The topological polar surface area (TPSA) is 59.2 Å². The molecule has 2 heterocycles. The van der Waals surface area contributed by atoms with E-state index in [4.69, 9.17) is 5.73 Å². The van der Waals surface area contributed by atoms with E-state index >= 15 is 0 Å². The minimum Gasteiger partial charge on any atom is -0.337 e. The third-order valence-corrected chi connectivity index (χ3v) is 3.47. The maximum Gasteiger partial charge on any atom is 0.273 e. The van der Waals surface area contributed by atoms with Crippen LogP contribution in [0.4, 0.5) is 0 Å². The van der Waals surface area contributed by atoms with Gasteiger partial charge in [-0.15, -0.1) is 36.2 Å². The molecule has 0 saturated carbocycles. The number of nitrogens with zero attached hydrogens (tertiary/aromatic N) is 2. The van der Waals surface area contributed by atoms with Gasteiger partial charge in [0.2, 0.25) is 0 Å². The molecular formula is C10H17Cl2N3OS. The zero-order valence-electron chi connectivity index (χ0n) is 9.37. The predicted molar refractivity (Wildman–Crippen MR) is 74.3 cm³/mol. The minimum atomic E-state index is 0.